The molecule has 0 radical (unpaired) electrons. The maximum absolute atomic E-state index is 6.24. The minimum absolute atomic E-state index is 0.183. The van der Waals surface area contributed by atoms with Gasteiger partial charge in [-0.15, -0.1) is 0 Å². The summed E-state index contributed by atoms with van der Waals surface area (Å²) >= 11 is 0. The van der Waals surface area contributed by atoms with Gasteiger partial charge in [-0.3, -0.25) is 0 Å². The SMILES string of the molecule is CC1(C)c2cc(N(c3ccccc3)c3ccc4oc5c(c4c3)CCC=C5)ccc2-c2ccc(-n3c4ccccc4c4ccccc43)cc21. The molecule has 0 N–H and O–H groups in total. The molecule has 0 fully saturated rings. The zero-order valence-electron chi connectivity index (χ0n) is 27.1. The monoisotopic (exact) mass is 618 g/mol. The van der Waals surface area contributed by atoms with Crippen LogP contribution in [0.15, 0.2) is 144 Å². The summed E-state index contributed by atoms with van der Waals surface area (Å²) in [7, 11) is 0. The molecule has 0 spiro atoms. The smallest absolute Gasteiger partial charge is 0.135 e. The topological polar surface area (TPSA) is 21.3 Å². The normalized spacial score (nSPS) is 14.4. The van der Waals surface area contributed by atoms with Gasteiger partial charge in [0, 0.05) is 49.9 Å². The predicted molar refractivity (Wildman–Crippen MR) is 200 cm³/mol. The number of nitrogens with zero attached hydrogens (tertiary/aromatic N) is 2. The molecular weight excluding hydrogens is 585 g/mol. The van der Waals surface area contributed by atoms with Crippen molar-refractivity contribution in [2.24, 2.45) is 0 Å². The van der Waals surface area contributed by atoms with Gasteiger partial charge in [0.25, 0.3) is 0 Å². The zero-order valence-corrected chi connectivity index (χ0v) is 27.1. The third-order valence-corrected chi connectivity index (χ3v) is 10.6. The molecule has 0 bridgehead atoms. The Labute approximate surface area is 280 Å². The van der Waals surface area contributed by atoms with Crippen LogP contribution in [0.5, 0.6) is 0 Å². The highest BCUT2D eigenvalue weighted by molar-refractivity contribution is 6.09. The first-order chi connectivity index (χ1) is 23.6. The third kappa shape index (κ3) is 3.88. The van der Waals surface area contributed by atoms with Crippen LogP contribution in [0.3, 0.4) is 0 Å². The molecule has 230 valence electrons. The predicted octanol–water partition coefficient (Wildman–Crippen LogP) is 12.3. The second-order valence-electron chi connectivity index (χ2n) is 13.7. The van der Waals surface area contributed by atoms with Crippen LogP contribution >= 0.6 is 0 Å². The van der Waals surface area contributed by atoms with Gasteiger partial charge < -0.3 is 13.9 Å². The van der Waals surface area contributed by atoms with Gasteiger partial charge in [0.1, 0.15) is 11.3 Å². The summed E-state index contributed by atoms with van der Waals surface area (Å²) in [6.07, 6.45) is 6.39. The summed E-state index contributed by atoms with van der Waals surface area (Å²) in [5.41, 5.74) is 14.5. The zero-order chi connectivity index (χ0) is 32.0. The van der Waals surface area contributed by atoms with E-state index in [-0.39, 0.29) is 5.41 Å². The maximum atomic E-state index is 6.24. The van der Waals surface area contributed by atoms with Crippen molar-refractivity contribution in [3.63, 3.8) is 0 Å². The first kappa shape index (κ1) is 27.3. The molecule has 0 amide bonds. The lowest BCUT2D eigenvalue weighted by molar-refractivity contribution is 0.595. The molecule has 2 aliphatic carbocycles. The Kier molecular flexibility index (Phi) is 5.75. The van der Waals surface area contributed by atoms with Gasteiger partial charge in [0.05, 0.1) is 11.0 Å². The number of benzene rings is 6. The van der Waals surface area contributed by atoms with Gasteiger partial charge in [0.2, 0.25) is 0 Å². The van der Waals surface area contributed by atoms with E-state index in [0.717, 1.165) is 41.2 Å². The van der Waals surface area contributed by atoms with Crippen LogP contribution in [-0.4, -0.2) is 4.57 Å². The van der Waals surface area contributed by atoms with Crippen LogP contribution in [0.25, 0.3) is 55.7 Å². The number of anilines is 3. The number of fused-ring (bicyclic) bond motifs is 9. The average Bonchev–Trinajstić information content (AvgIpc) is 3.74. The molecule has 6 aromatic carbocycles. The number of hydrogen-bond donors (Lipinski definition) is 0. The van der Waals surface area contributed by atoms with Gasteiger partial charge in [-0.25, -0.2) is 0 Å². The van der Waals surface area contributed by atoms with E-state index in [1.165, 1.54) is 60.7 Å². The number of para-hydroxylation sites is 3. The van der Waals surface area contributed by atoms with Crippen molar-refractivity contribution in [3.05, 3.63) is 162 Å². The second-order valence-corrected chi connectivity index (χ2v) is 13.7. The van der Waals surface area contributed by atoms with Crippen LogP contribution in [-0.2, 0) is 11.8 Å². The van der Waals surface area contributed by atoms with Crippen molar-refractivity contribution in [3.8, 4) is 16.8 Å². The van der Waals surface area contributed by atoms with Crippen molar-refractivity contribution in [2.45, 2.75) is 32.1 Å². The minimum Gasteiger partial charge on any atom is -0.456 e. The van der Waals surface area contributed by atoms with Crippen LogP contribution in [0, 0.1) is 0 Å². The summed E-state index contributed by atoms with van der Waals surface area (Å²) in [6, 6.07) is 48.9. The van der Waals surface area contributed by atoms with Crippen molar-refractivity contribution in [2.75, 3.05) is 4.90 Å². The molecule has 2 aliphatic rings. The molecular formula is C45H34N2O. The Morgan fingerprint density at radius 2 is 1.25 bits per heavy atom. The fourth-order valence-corrected chi connectivity index (χ4v) is 8.32. The minimum atomic E-state index is -0.183. The maximum Gasteiger partial charge on any atom is 0.135 e. The van der Waals surface area contributed by atoms with Gasteiger partial charge in [-0.1, -0.05) is 86.7 Å². The lowest BCUT2D eigenvalue weighted by Gasteiger charge is -2.28. The lowest BCUT2D eigenvalue weighted by Crippen LogP contribution is -2.17. The standard InChI is InChI=1S/C45H34N2O/c1-45(2)39-27-31(46(29-12-4-3-5-13-29)30-22-25-44-38(26-30)37-16-8-11-19-43(37)48-44)20-23-33(39)34-24-21-32(28-40(34)45)47-41-17-9-6-14-35(41)36-15-7-10-18-42(36)47/h3-7,9-15,17-28H,8,16H2,1-2H3. The molecule has 8 aromatic rings. The number of rotatable bonds is 4. The number of hydrogen-bond acceptors (Lipinski definition) is 2. The summed E-state index contributed by atoms with van der Waals surface area (Å²) in [6.45, 7) is 4.75. The molecule has 0 saturated heterocycles. The Morgan fingerprint density at radius 1 is 0.604 bits per heavy atom. The molecule has 2 heterocycles. The van der Waals surface area contributed by atoms with Gasteiger partial charge >= 0.3 is 0 Å². The number of allylic oxidation sites excluding steroid dienone is 1. The summed E-state index contributed by atoms with van der Waals surface area (Å²) in [4.78, 5) is 2.39. The van der Waals surface area contributed by atoms with Crippen molar-refractivity contribution >= 4 is 55.9 Å². The van der Waals surface area contributed by atoms with E-state index in [0.29, 0.717) is 0 Å². The van der Waals surface area contributed by atoms with Gasteiger partial charge in [-0.05, 0) is 108 Å². The van der Waals surface area contributed by atoms with E-state index in [9.17, 15) is 0 Å². The Bertz CT molecular complexity index is 2550. The largest absolute Gasteiger partial charge is 0.456 e. The van der Waals surface area contributed by atoms with Gasteiger partial charge in [-0.2, -0.15) is 0 Å². The fraction of sp³-hybridized carbons (Fsp3) is 0.111. The average molecular weight is 619 g/mol. The molecule has 2 aromatic heterocycles. The molecule has 0 unspecified atom stereocenters. The fourth-order valence-electron chi connectivity index (χ4n) is 8.32. The second kappa shape index (κ2) is 10.1. The number of aromatic nitrogens is 1. The molecule has 0 saturated carbocycles. The van der Waals surface area contributed by atoms with E-state index in [1.54, 1.807) is 0 Å². The third-order valence-electron chi connectivity index (χ3n) is 10.6. The van der Waals surface area contributed by atoms with E-state index in [4.69, 9.17) is 4.42 Å². The van der Waals surface area contributed by atoms with Gasteiger partial charge in [0.15, 0.2) is 0 Å². The van der Waals surface area contributed by atoms with Crippen LogP contribution in [0.4, 0.5) is 17.1 Å². The summed E-state index contributed by atoms with van der Waals surface area (Å²) in [5, 5.41) is 3.78. The lowest BCUT2D eigenvalue weighted by atomic mass is 9.82. The Morgan fingerprint density at radius 3 is 2.02 bits per heavy atom. The van der Waals surface area contributed by atoms with Crippen LogP contribution in [0.2, 0.25) is 0 Å². The van der Waals surface area contributed by atoms with Crippen LogP contribution in [0.1, 0.15) is 42.7 Å². The van der Waals surface area contributed by atoms with E-state index < -0.39 is 0 Å². The molecule has 0 atom stereocenters. The highest BCUT2D eigenvalue weighted by Gasteiger charge is 2.36. The highest BCUT2D eigenvalue weighted by atomic mass is 16.3. The molecule has 48 heavy (non-hydrogen) atoms. The van der Waals surface area contributed by atoms with Crippen molar-refractivity contribution < 1.29 is 4.42 Å². The first-order valence-corrected chi connectivity index (χ1v) is 16.9. The van der Waals surface area contributed by atoms with Crippen LogP contribution < -0.4 is 4.90 Å². The van der Waals surface area contributed by atoms with E-state index >= 15 is 0 Å². The Hall–Kier alpha value is -5.80. The number of furan rings is 1. The molecule has 0 aliphatic heterocycles. The van der Waals surface area contributed by atoms with Crippen molar-refractivity contribution in [1.29, 1.82) is 0 Å². The summed E-state index contributed by atoms with van der Waals surface area (Å²) in [5.74, 6) is 0.997. The van der Waals surface area contributed by atoms with Crippen molar-refractivity contribution in [1.82, 2.24) is 4.57 Å². The molecule has 3 heteroatoms. The van der Waals surface area contributed by atoms with E-state index in [1.807, 2.05) is 0 Å². The molecule has 10 rings (SSSR count). The molecule has 3 nitrogen and oxygen atoms in total. The summed E-state index contributed by atoms with van der Waals surface area (Å²) < 4.78 is 8.66. The Balaban J connectivity index is 1.11. The van der Waals surface area contributed by atoms with E-state index in [2.05, 4.69) is 169 Å². The number of aryl methyl sites for hydroxylation is 1. The highest BCUT2D eigenvalue weighted by Crippen LogP contribution is 2.51. The first-order valence-electron chi connectivity index (χ1n) is 16.9. The quantitative estimate of drug-likeness (QED) is 0.196.